The lowest BCUT2D eigenvalue weighted by Gasteiger charge is -2.36. The Bertz CT molecular complexity index is 1300. The molecule has 1 aliphatic rings. The van der Waals surface area contributed by atoms with E-state index in [9.17, 15) is 4.79 Å². The van der Waals surface area contributed by atoms with E-state index >= 15 is 0 Å². The molecule has 1 aromatic heterocycles. The molecule has 0 radical (unpaired) electrons. The van der Waals surface area contributed by atoms with Gasteiger partial charge in [-0.25, -0.2) is 11.4 Å². The highest BCUT2D eigenvalue weighted by Gasteiger charge is 2.45. The largest absolute Gasteiger partial charge is 0.383 e. The van der Waals surface area contributed by atoms with E-state index in [-0.39, 0.29) is 12.4 Å². The maximum absolute atomic E-state index is 12.4. The Morgan fingerprint density at radius 1 is 0.944 bits per heavy atom. The van der Waals surface area contributed by atoms with Crippen molar-refractivity contribution < 1.29 is 9.47 Å². The van der Waals surface area contributed by atoms with Crippen molar-refractivity contribution in [2.75, 3.05) is 12.3 Å². The van der Waals surface area contributed by atoms with Crippen LogP contribution in [-0.2, 0) is 15.1 Å². The summed E-state index contributed by atoms with van der Waals surface area (Å²) in [6.07, 6.45) is 0.769. The number of hydrogen-bond donors (Lipinski definition) is 1. The average molecular weight is 479 g/mol. The first-order chi connectivity index (χ1) is 17.6. The van der Waals surface area contributed by atoms with Gasteiger partial charge in [-0.15, -0.1) is 0 Å². The molecule has 0 bridgehead atoms. The molecule has 1 fully saturated rings. The second kappa shape index (κ2) is 10.2. The molecule has 3 aromatic carbocycles. The third-order valence-corrected chi connectivity index (χ3v) is 6.54. The summed E-state index contributed by atoms with van der Waals surface area (Å²) in [5, 5.41) is 0. The summed E-state index contributed by atoms with van der Waals surface area (Å²) in [5.74, 6) is 0.147. The molecule has 0 saturated carbocycles. The van der Waals surface area contributed by atoms with Crippen molar-refractivity contribution >= 4 is 5.82 Å². The number of aromatic nitrogens is 2. The van der Waals surface area contributed by atoms with Crippen LogP contribution in [-0.4, -0.2) is 28.3 Å². The fourth-order valence-electron chi connectivity index (χ4n) is 4.79. The van der Waals surface area contributed by atoms with Crippen molar-refractivity contribution in [2.45, 2.75) is 30.4 Å². The minimum Gasteiger partial charge on any atom is -0.383 e. The third-order valence-electron chi connectivity index (χ3n) is 6.54. The molecule has 7 nitrogen and oxygen atoms in total. The van der Waals surface area contributed by atoms with Gasteiger partial charge in [-0.05, 0) is 22.8 Å². The molecule has 0 spiro atoms. The Kier molecular flexibility index (Phi) is 6.63. The number of nitrogens with zero attached hydrogens (tertiary/aromatic N) is 3. The monoisotopic (exact) mass is 478 g/mol. The highest BCUT2D eigenvalue weighted by Crippen LogP contribution is 2.41. The van der Waals surface area contributed by atoms with Gasteiger partial charge >= 0.3 is 5.69 Å². The number of hydrogen-bond acceptors (Lipinski definition) is 5. The molecule has 1 saturated heterocycles. The van der Waals surface area contributed by atoms with Crippen LogP contribution >= 0.6 is 0 Å². The van der Waals surface area contributed by atoms with Crippen LogP contribution in [0.2, 0.25) is 0 Å². The molecule has 1 aliphatic heterocycles. The van der Waals surface area contributed by atoms with Crippen molar-refractivity contribution in [3.63, 3.8) is 0 Å². The second-order valence-electron chi connectivity index (χ2n) is 8.69. The lowest BCUT2D eigenvalue weighted by atomic mass is 9.80. The Labute approximate surface area is 209 Å². The van der Waals surface area contributed by atoms with Gasteiger partial charge in [0.25, 0.3) is 6.04 Å². The molecule has 0 amide bonds. The first-order valence-electron chi connectivity index (χ1n) is 11.8. The number of benzene rings is 3. The average Bonchev–Trinajstić information content (AvgIpc) is 3.34. The van der Waals surface area contributed by atoms with Crippen molar-refractivity contribution in [2.24, 2.45) is 0 Å². The van der Waals surface area contributed by atoms with Crippen molar-refractivity contribution in [3.05, 3.63) is 142 Å². The normalized spacial score (nSPS) is 19.6. The molecule has 2 N–H and O–H groups in total. The summed E-state index contributed by atoms with van der Waals surface area (Å²) in [5.41, 5.74) is 7.12. The van der Waals surface area contributed by atoms with Crippen LogP contribution in [0, 0.1) is 6.57 Å². The van der Waals surface area contributed by atoms with Gasteiger partial charge in [0.2, 0.25) is 0 Å². The molecule has 3 atom stereocenters. The summed E-state index contributed by atoms with van der Waals surface area (Å²) in [4.78, 5) is 20.0. The number of nitrogens with two attached hydrogens (primary N) is 1. The standard InChI is InChI=1S/C29H26N4O3/c1-31-24-19-27(33-18-17-26(30)32-28(33)34)36-25(24)20-35-29(21-11-5-2-6-12-21,22-13-7-3-8-14-22)23-15-9-4-10-16-23/h2-18,24-25,27H,19-20H2,(H2,30,32,34)/t24?,25-,27-/m1/s1. The van der Waals surface area contributed by atoms with E-state index in [0.717, 1.165) is 16.7 Å². The number of rotatable bonds is 7. The van der Waals surface area contributed by atoms with Crippen molar-refractivity contribution in [3.8, 4) is 0 Å². The molecular weight excluding hydrogens is 452 g/mol. The number of nitrogen functional groups attached to an aromatic ring is 1. The topological polar surface area (TPSA) is 83.7 Å². The van der Waals surface area contributed by atoms with Crippen LogP contribution in [0.3, 0.4) is 0 Å². The molecular formula is C29H26N4O3. The quantitative estimate of drug-likeness (QED) is 0.314. The van der Waals surface area contributed by atoms with Gasteiger partial charge in [0.1, 0.15) is 17.6 Å². The maximum atomic E-state index is 12.4. The number of anilines is 1. The SMILES string of the molecule is [C-]#[N+]C1C[C@H](n2ccc(N)nc2=O)O[C@@H]1COC(c1ccccc1)(c1ccccc1)c1ccccc1. The summed E-state index contributed by atoms with van der Waals surface area (Å²) >= 11 is 0. The van der Waals surface area contributed by atoms with E-state index < -0.39 is 29.7 Å². The lowest BCUT2D eigenvalue weighted by Crippen LogP contribution is -2.37. The highest BCUT2D eigenvalue weighted by atomic mass is 16.6. The Hall–Kier alpha value is -4.25. The van der Waals surface area contributed by atoms with E-state index in [1.165, 1.54) is 4.57 Å². The summed E-state index contributed by atoms with van der Waals surface area (Å²) in [6.45, 7) is 7.92. The second-order valence-corrected chi connectivity index (χ2v) is 8.69. The first kappa shape index (κ1) is 23.5. The summed E-state index contributed by atoms with van der Waals surface area (Å²) in [7, 11) is 0. The minimum absolute atomic E-state index is 0.147. The number of ether oxygens (including phenoxy) is 2. The van der Waals surface area contributed by atoms with Gasteiger partial charge in [0, 0.05) is 6.20 Å². The van der Waals surface area contributed by atoms with Crippen LogP contribution in [0.15, 0.2) is 108 Å². The molecule has 7 heteroatoms. The molecule has 0 aliphatic carbocycles. The zero-order valence-electron chi connectivity index (χ0n) is 19.6. The van der Waals surface area contributed by atoms with E-state index in [1.807, 2.05) is 91.0 Å². The fraction of sp³-hybridized carbons (Fsp3) is 0.207. The fourth-order valence-corrected chi connectivity index (χ4v) is 4.79. The van der Waals surface area contributed by atoms with Gasteiger partial charge < -0.3 is 20.1 Å². The van der Waals surface area contributed by atoms with Crippen molar-refractivity contribution in [1.29, 1.82) is 0 Å². The highest BCUT2D eigenvalue weighted by molar-refractivity contribution is 5.47. The van der Waals surface area contributed by atoms with E-state index in [1.54, 1.807) is 12.3 Å². The van der Waals surface area contributed by atoms with Crippen molar-refractivity contribution in [1.82, 2.24) is 9.55 Å². The minimum atomic E-state index is -0.919. The zero-order chi connectivity index (χ0) is 25.0. The molecule has 5 rings (SSSR count). The zero-order valence-corrected chi connectivity index (χ0v) is 19.6. The molecule has 4 aromatic rings. The van der Waals surface area contributed by atoms with E-state index in [4.69, 9.17) is 21.8 Å². The Morgan fingerprint density at radius 3 is 1.94 bits per heavy atom. The van der Waals surface area contributed by atoms with E-state index in [0.29, 0.717) is 6.42 Å². The summed E-state index contributed by atoms with van der Waals surface area (Å²) in [6, 6.07) is 31.2. The third kappa shape index (κ3) is 4.40. The van der Waals surface area contributed by atoms with Crippen LogP contribution in [0.25, 0.3) is 4.85 Å². The van der Waals surface area contributed by atoms with Gasteiger partial charge in [-0.1, -0.05) is 91.0 Å². The van der Waals surface area contributed by atoms with Gasteiger partial charge in [-0.2, -0.15) is 4.98 Å². The molecule has 2 heterocycles. The predicted molar refractivity (Wildman–Crippen MR) is 137 cm³/mol. The van der Waals surface area contributed by atoms with Crippen LogP contribution in [0.5, 0.6) is 0 Å². The molecule has 1 unspecified atom stereocenters. The van der Waals surface area contributed by atoms with Gasteiger partial charge in [0.15, 0.2) is 6.10 Å². The smallest absolute Gasteiger partial charge is 0.351 e. The molecule has 36 heavy (non-hydrogen) atoms. The van der Waals surface area contributed by atoms with Crippen LogP contribution < -0.4 is 11.4 Å². The van der Waals surface area contributed by atoms with E-state index in [2.05, 4.69) is 9.83 Å². The van der Waals surface area contributed by atoms with Crippen LogP contribution in [0.4, 0.5) is 5.82 Å². The van der Waals surface area contributed by atoms with Gasteiger partial charge in [0.05, 0.1) is 13.0 Å². The Morgan fingerprint density at radius 2 is 1.47 bits per heavy atom. The first-order valence-corrected chi connectivity index (χ1v) is 11.8. The maximum Gasteiger partial charge on any atom is 0.351 e. The molecule has 180 valence electrons. The van der Waals surface area contributed by atoms with Gasteiger partial charge in [-0.3, -0.25) is 4.57 Å². The Balaban J connectivity index is 1.52. The summed E-state index contributed by atoms with van der Waals surface area (Å²) < 4.78 is 14.4. The predicted octanol–water partition coefficient (Wildman–Crippen LogP) is 4.41. The van der Waals surface area contributed by atoms with Crippen LogP contribution in [0.1, 0.15) is 29.3 Å². The lowest BCUT2D eigenvalue weighted by molar-refractivity contribution is -0.0781.